The molecule has 5 N–H and O–H groups in total. The maximum absolute atomic E-state index is 15.2. The number of aliphatic hydroxyl groups is 1. The van der Waals surface area contributed by atoms with Crippen LogP contribution >= 0.6 is 34.7 Å². The van der Waals surface area contributed by atoms with Crippen molar-refractivity contribution in [2.45, 2.75) is 101 Å². The summed E-state index contributed by atoms with van der Waals surface area (Å²) in [6.45, 7) is 9.00. The number of benzene rings is 2. The smallest absolute Gasteiger partial charge is 0.258 e. The Kier molecular flexibility index (Phi) is 16.4. The van der Waals surface area contributed by atoms with Crippen LogP contribution in [0.5, 0.6) is 5.75 Å². The molecule has 3 atom stereocenters. The van der Waals surface area contributed by atoms with Gasteiger partial charge >= 0.3 is 0 Å². The Hall–Kier alpha value is -5.15. The first-order chi connectivity index (χ1) is 33.9. The molecule has 2 saturated heterocycles. The number of alkyl halides is 1. The van der Waals surface area contributed by atoms with Crippen LogP contribution in [0.3, 0.4) is 0 Å². The first-order valence-corrected chi connectivity index (χ1v) is 26.5. The first kappa shape index (κ1) is 52.2. The van der Waals surface area contributed by atoms with Crippen molar-refractivity contribution in [1.82, 2.24) is 40.3 Å². The van der Waals surface area contributed by atoms with E-state index in [9.17, 15) is 24.3 Å². The normalized spacial score (nSPS) is 21.6. The number of rotatable bonds is 18. The summed E-state index contributed by atoms with van der Waals surface area (Å²) in [7, 11) is 3.26. The molecule has 0 radical (unpaired) electrons. The molecular formula is C50H63ClF2N10O6S2. The van der Waals surface area contributed by atoms with Crippen LogP contribution in [0.2, 0.25) is 5.02 Å². The van der Waals surface area contributed by atoms with Gasteiger partial charge in [0.1, 0.15) is 34.5 Å². The number of thioether (sulfide) groups is 1. The number of piperazine rings is 1. The second-order valence-electron chi connectivity index (χ2n) is 19.6. The Bertz CT molecular complexity index is 2590. The van der Waals surface area contributed by atoms with Crippen molar-refractivity contribution < 1.29 is 37.8 Å². The maximum atomic E-state index is 15.2. The molecule has 0 spiro atoms. The van der Waals surface area contributed by atoms with E-state index < -0.39 is 52.1 Å². The van der Waals surface area contributed by atoms with Crippen LogP contribution in [0.1, 0.15) is 80.4 Å². The molecule has 4 heterocycles. The third-order valence-corrected chi connectivity index (χ3v) is 17.1. The van der Waals surface area contributed by atoms with Gasteiger partial charge in [-0.1, -0.05) is 23.7 Å². The molecule has 2 aliphatic heterocycles. The Balaban J connectivity index is 0.814. The number of carbonyl (C=O) groups excluding carboxylic acids is 4. The molecule has 71 heavy (non-hydrogen) atoms. The molecule has 4 aliphatic rings. The average molecular weight is 1040 g/mol. The van der Waals surface area contributed by atoms with E-state index in [1.54, 1.807) is 61.8 Å². The summed E-state index contributed by atoms with van der Waals surface area (Å²) < 4.78 is 35.1. The highest BCUT2D eigenvalue weighted by Gasteiger charge is 2.54. The van der Waals surface area contributed by atoms with E-state index in [0.29, 0.717) is 70.0 Å². The number of methoxy groups -OCH3 is 1. The van der Waals surface area contributed by atoms with Gasteiger partial charge in [0, 0.05) is 75.2 Å². The Morgan fingerprint density at radius 3 is 2.44 bits per heavy atom. The number of aromatic nitrogens is 3. The largest absolute Gasteiger partial charge is 0.495 e. The van der Waals surface area contributed by atoms with Gasteiger partial charge in [-0.05, 0) is 107 Å². The minimum Gasteiger partial charge on any atom is -0.495 e. The topological polar surface area (TPSA) is 194 Å². The molecule has 4 aromatic rings. The van der Waals surface area contributed by atoms with Gasteiger partial charge in [-0.25, -0.2) is 18.7 Å². The van der Waals surface area contributed by atoms with E-state index in [0.717, 1.165) is 55.9 Å². The van der Waals surface area contributed by atoms with E-state index in [2.05, 4.69) is 41.1 Å². The molecule has 8 rings (SSSR count). The Morgan fingerprint density at radius 1 is 1.04 bits per heavy atom. The summed E-state index contributed by atoms with van der Waals surface area (Å²) >= 11 is 9.10. The number of aryl methyl sites for hydroxylation is 1. The molecule has 16 nitrogen and oxygen atoms in total. The van der Waals surface area contributed by atoms with Crippen molar-refractivity contribution in [2.75, 3.05) is 69.8 Å². The van der Waals surface area contributed by atoms with Gasteiger partial charge in [0.15, 0.2) is 5.67 Å². The van der Waals surface area contributed by atoms with Crippen LogP contribution in [0.25, 0.3) is 10.4 Å². The average Bonchev–Trinajstić information content (AvgIpc) is 3.77. The summed E-state index contributed by atoms with van der Waals surface area (Å²) in [6.07, 6.45) is 4.67. The number of nitrogens with one attached hydrogen (secondary N) is 4. The zero-order chi connectivity index (χ0) is 50.6. The van der Waals surface area contributed by atoms with Gasteiger partial charge in [-0.2, -0.15) is 16.7 Å². The molecular weight excluding hydrogens is 974 g/mol. The van der Waals surface area contributed by atoms with Crippen LogP contribution in [0, 0.1) is 24.6 Å². The van der Waals surface area contributed by atoms with Crippen molar-refractivity contribution in [2.24, 2.45) is 11.8 Å². The zero-order valence-electron chi connectivity index (χ0n) is 40.7. The summed E-state index contributed by atoms with van der Waals surface area (Å²) in [5.74, 6) is 0.336. The van der Waals surface area contributed by atoms with Gasteiger partial charge in [0.25, 0.3) is 11.8 Å². The number of β-amino-alcohol motifs (C(OH)–C–C–N with tert-alkyl or cyclic N) is 1. The highest BCUT2D eigenvalue weighted by atomic mass is 35.5. The number of halogens is 3. The Morgan fingerprint density at radius 2 is 1.77 bits per heavy atom. The molecule has 4 amide bonds. The molecule has 4 fully saturated rings. The summed E-state index contributed by atoms with van der Waals surface area (Å²) in [5, 5.41) is 22.7. The summed E-state index contributed by atoms with van der Waals surface area (Å²) in [4.78, 5) is 74.4. The SMILES string of the molecule is CNc1nc(Nc2ccc(C(=O)N3CCN(C[C@H]4CC[C@H](CSC(C)(C)[C@H](NC(=O)C5(F)CC5)C(=O)N5C[C@H](O)CC5C(=O)NCc5ccc(-c6scnc6C)cc5F)CC4)CC3)cc2OC)ncc1Cl. The van der Waals surface area contributed by atoms with Gasteiger partial charge in [0.2, 0.25) is 17.8 Å². The van der Waals surface area contributed by atoms with Gasteiger partial charge < -0.3 is 40.9 Å². The standard InChI is InChI=1S/C50H63ClF2N10O6S2/c1-29-41(70-28-57-29)32-10-11-34(37(52)20-32)23-55-44(65)39-22-35(64)26-63(39)46(67)42(59-47(68)50(53)14-15-50)49(2,3)71-27-31-8-6-30(7-9-31)25-61-16-18-62(19-17-61)45(66)33-12-13-38(40(21-33)69-5)58-48-56-24-36(51)43(54-4)60-48/h10-13,20-21,24,28,30-31,35,39,42,64H,6-9,14-19,22-23,25-27H2,1-5H3,(H,55,65)(H,59,68)(H2,54,56,58,60)/t30-,31-,35-,39?,42-/m1/s1. The maximum Gasteiger partial charge on any atom is 0.258 e. The molecule has 2 aromatic heterocycles. The minimum atomic E-state index is -2.04. The number of thiazole rings is 1. The van der Waals surface area contributed by atoms with Crippen LogP contribution in [-0.4, -0.2) is 146 Å². The fourth-order valence-electron chi connectivity index (χ4n) is 9.64. The van der Waals surface area contributed by atoms with Gasteiger partial charge in [-0.15, -0.1) is 11.3 Å². The number of nitrogens with zero attached hydrogens (tertiary/aromatic N) is 6. The van der Waals surface area contributed by atoms with Crippen LogP contribution in [0.4, 0.5) is 26.2 Å². The lowest BCUT2D eigenvalue weighted by Crippen LogP contribution is -2.61. The van der Waals surface area contributed by atoms with E-state index >= 15 is 8.78 Å². The lowest BCUT2D eigenvalue weighted by Gasteiger charge is -2.40. The van der Waals surface area contributed by atoms with E-state index in [-0.39, 0.29) is 43.8 Å². The third-order valence-electron chi connectivity index (χ3n) is 14.2. The number of amides is 4. The molecule has 2 saturated carbocycles. The minimum absolute atomic E-state index is 0.0354. The van der Waals surface area contributed by atoms with Crippen molar-refractivity contribution >= 4 is 75.8 Å². The fourth-order valence-corrected chi connectivity index (χ4v) is 12.0. The predicted molar refractivity (Wildman–Crippen MR) is 272 cm³/mol. The molecule has 0 bridgehead atoms. The first-order valence-electron chi connectivity index (χ1n) is 24.2. The molecule has 2 aliphatic carbocycles. The predicted octanol–water partition coefficient (Wildman–Crippen LogP) is 6.84. The highest BCUT2D eigenvalue weighted by Crippen LogP contribution is 2.42. The molecule has 382 valence electrons. The van der Waals surface area contributed by atoms with Gasteiger partial charge in [-0.3, -0.25) is 24.1 Å². The zero-order valence-corrected chi connectivity index (χ0v) is 43.1. The summed E-state index contributed by atoms with van der Waals surface area (Å²) in [5.41, 5.74) is 2.53. The number of hydrogen-bond donors (Lipinski definition) is 5. The van der Waals surface area contributed by atoms with E-state index in [4.69, 9.17) is 16.3 Å². The number of aliphatic hydroxyl groups excluding tert-OH is 1. The van der Waals surface area contributed by atoms with E-state index in [1.807, 2.05) is 25.7 Å². The number of carbonyl (C=O) groups is 4. The quantitative estimate of drug-likeness (QED) is 0.0697. The fraction of sp³-hybridized carbons (Fsp3) is 0.540. The van der Waals surface area contributed by atoms with Crippen molar-refractivity contribution in [3.63, 3.8) is 0 Å². The monoisotopic (exact) mass is 1040 g/mol. The van der Waals surface area contributed by atoms with Crippen molar-refractivity contribution in [1.29, 1.82) is 0 Å². The van der Waals surface area contributed by atoms with Crippen molar-refractivity contribution in [3.05, 3.63) is 75.8 Å². The van der Waals surface area contributed by atoms with Gasteiger partial charge in [0.05, 0.1) is 41.2 Å². The lowest BCUT2D eigenvalue weighted by molar-refractivity contribution is -0.143. The van der Waals surface area contributed by atoms with E-state index in [1.165, 1.54) is 28.5 Å². The van der Waals surface area contributed by atoms with Crippen LogP contribution in [0.15, 0.2) is 48.1 Å². The number of likely N-dealkylation sites (tertiary alicyclic amines) is 1. The summed E-state index contributed by atoms with van der Waals surface area (Å²) in [6, 6.07) is 7.78. The second kappa shape index (κ2) is 22.3. The Labute approximate surface area is 426 Å². The van der Waals surface area contributed by atoms with Crippen LogP contribution in [-0.2, 0) is 20.9 Å². The second-order valence-corrected chi connectivity index (χ2v) is 22.6. The van der Waals surface area contributed by atoms with Crippen LogP contribution < -0.4 is 26.0 Å². The number of anilines is 3. The lowest BCUT2D eigenvalue weighted by atomic mass is 9.82. The molecule has 2 aromatic carbocycles. The third kappa shape index (κ3) is 12.4. The molecule has 21 heteroatoms. The highest BCUT2D eigenvalue weighted by molar-refractivity contribution is 8.00. The number of ether oxygens (including phenoxy) is 1. The van der Waals surface area contributed by atoms with Crippen molar-refractivity contribution in [3.8, 4) is 16.2 Å². The number of hydrogen-bond acceptors (Lipinski definition) is 14. The molecule has 1 unspecified atom stereocenters.